The maximum Gasteiger partial charge on any atom is 0.194 e. The molecule has 136 valence electrons. The van der Waals surface area contributed by atoms with E-state index in [0.29, 0.717) is 6.54 Å². The van der Waals surface area contributed by atoms with Gasteiger partial charge in [0.05, 0.1) is 17.3 Å². The van der Waals surface area contributed by atoms with Crippen LogP contribution in [0.25, 0.3) is 0 Å². The summed E-state index contributed by atoms with van der Waals surface area (Å²) in [5.74, 6) is 0.916. The molecule has 1 aliphatic heterocycles. The molecule has 0 atom stereocenters. The van der Waals surface area contributed by atoms with Crippen LogP contribution in [0.3, 0.4) is 0 Å². The van der Waals surface area contributed by atoms with Gasteiger partial charge in [-0.15, -0.1) is 24.0 Å². The van der Waals surface area contributed by atoms with Gasteiger partial charge in [0.1, 0.15) is 12.0 Å². The average molecular weight is 476 g/mol. The molecule has 0 unspecified atom stereocenters. The highest BCUT2D eigenvalue weighted by molar-refractivity contribution is 14.0. The lowest BCUT2D eigenvalue weighted by Crippen LogP contribution is -2.52. The molecule has 1 saturated heterocycles. The molecule has 8 heteroatoms. The number of aliphatic imine (C=N–C) groups is 1. The van der Waals surface area contributed by atoms with Gasteiger partial charge < -0.3 is 19.6 Å². The van der Waals surface area contributed by atoms with Crippen LogP contribution in [0.5, 0.6) is 0 Å². The highest BCUT2D eigenvalue weighted by atomic mass is 127. The molecule has 0 amide bonds. The number of guanidine groups is 1. The molecule has 1 aromatic heterocycles. The Bertz CT molecular complexity index is 671. The van der Waals surface area contributed by atoms with Crippen molar-refractivity contribution < 1.29 is 4.52 Å². The van der Waals surface area contributed by atoms with E-state index < -0.39 is 0 Å². The molecule has 0 radical (unpaired) electrons. The van der Waals surface area contributed by atoms with Gasteiger partial charge in [0, 0.05) is 38.8 Å². The quantitative estimate of drug-likeness (QED) is 0.418. The summed E-state index contributed by atoms with van der Waals surface area (Å²) in [6, 6.07) is 9.83. The summed E-state index contributed by atoms with van der Waals surface area (Å²) in [6.07, 6.45) is 1.57. The van der Waals surface area contributed by atoms with E-state index in [4.69, 9.17) is 16.1 Å². The number of piperazine rings is 1. The zero-order chi connectivity index (χ0) is 16.8. The summed E-state index contributed by atoms with van der Waals surface area (Å²) >= 11 is 6.31. The summed E-state index contributed by atoms with van der Waals surface area (Å²) in [5, 5.41) is 8.06. The summed E-state index contributed by atoms with van der Waals surface area (Å²) in [6.45, 7) is 7.06. The second-order valence-electron chi connectivity index (χ2n) is 5.59. The average Bonchev–Trinajstić information content (AvgIpc) is 3.13. The minimum absolute atomic E-state index is 0. The van der Waals surface area contributed by atoms with E-state index >= 15 is 0 Å². The van der Waals surface area contributed by atoms with Crippen LogP contribution in [0.4, 0.5) is 5.69 Å². The number of rotatable bonds is 4. The van der Waals surface area contributed by atoms with Gasteiger partial charge in [-0.2, -0.15) is 0 Å². The second kappa shape index (κ2) is 9.86. The lowest BCUT2D eigenvalue weighted by atomic mass is 10.2. The molecule has 3 rings (SSSR count). The van der Waals surface area contributed by atoms with E-state index in [2.05, 4.69) is 38.3 Å². The topological polar surface area (TPSA) is 56.9 Å². The fourth-order valence-electron chi connectivity index (χ4n) is 2.77. The first-order valence-electron chi connectivity index (χ1n) is 8.20. The van der Waals surface area contributed by atoms with Crippen molar-refractivity contribution in [3.8, 4) is 0 Å². The standard InChI is InChI=1S/C17H22ClN5O.HI/c1-2-19-17(20-13-14-7-12-24-21-14)23-10-8-22(9-11-23)16-6-4-3-5-15(16)18;/h3-7,12H,2,8-11,13H2,1H3,(H,19,20);1H. The summed E-state index contributed by atoms with van der Waals surface area (Å²) in [7, 11) is 0. The lowest BCUT2D eigenvalue weighted by molar-refractivity contribution is 0.372. The van der Waals surface area contributed by atoms with Gasteiger partial charge in [-0.25, -0.2) is 4.99 Å². The Morgan fingerprint density at radius 2 is 2.00 bits per heavy atom. The first-order chi connectivity index (χ1) is 11.8. The monoisotopic (exact) mass is 475 g/mol. The minimum atomic E-state index is 0. The largest absolute Gasteiger partial charge is 0.367 e. The van der Waals surface area contributed by atoms with Gasteiger partial charge in [-0.3, -0.25) is 0 Å². The number of hydrogen-bond acceptors (Lipinski definition) is 4. The van der Waals surface area contributed by atoms with E-state index in [-0.39, 0.29) is 24.0 Å². The van der Waals surface area contributed by atoms with Gasteiger partial charge in [-0.1, -0.05) is 28.9 Å². The maximum atomic E-state index is 6.31. The van der Waals surface area contributed by atoms with Crippen LogP contribution in [0.2, 0.25) is 5.02 Å². The molecule has 1 aliphatic rings. The van der Waals surface area contributed by atoms with Crippen LogP contribution in [0.1, 0.15) is 12.6 Å². The smallest absolute Gasteiger partial charge is 0.194 e. The number of hydrogen-bond donors (Lipinski definition) is 1. The fourth-order valence-corrected chi connectivity index (χ4v) is 3.02. The Morgan fingerprint density at radius 1 is 1.24 bits per heavy atom. The van der Waals surface area contributed by atoms with E-state index in [1.54, 1.807) is 6.26 Å². The zero-order valence-corrected chi connectivity index (χ0v) is 17.3. The van der Waals surface area contributed by atoms with Crippen molar-refractivity contribution in [1.29, 1.82) is 0 Å². The Labute approximate surface area is 170 Å². The van der Waals surface area contributed by atoms with Gasteiger partial charge in [0.2, 0.25) is 0 Å². The fraction of sp³-hybridized carbons (Fsp3) is 0.412. The van der Waals surface area contributed by atoms with E-state index in [9.17, 15) is 0 Å². The van der Waals surface area contributed by atoms with E-state index in [1.165, 1.54) is 0 Å². The number of para-hydroxylation sites is 1. The molecule has 6 nitrogen and oxygen atoms in total. The zero-order valence-electron chi connectivity index (χ0n) is 14.2. The summed E-state index contributed by atoms with van der Waals surface area (Å²) < 4.78 is 4.85. The molecule has 0 spiro atoms. The van der Waals surface area contributed by atoms with E-state index in [0.717, 1.165) is 55.1 Å². The van der Waals surface area contributed by atoms with Gasteiger partial charge in [-0.05, 0) is 19.1 Å². The molecule has 1 N–H and O–H groups in total. The molecule has 0 saturated carbocycles. The predicted molar refractivity (Wildman–Crippen MR) is 112 cm³/mol. The van der Waals surface area contributed by atoms with Crippen molar-refractivity contribution in [3.63, 3.8) is 0 Å². The maximum absolute atomic E-state index is 6.31. The van der Waals surface area contributed by atoms with Gasteiger partial charge in [0.15, 0.2) is 5.96 Å². The first kappa shape index (κ1) is 19.8. The van der Waals surface area contributed by atoms with Crippen LogP contribution in [0, 0.1) is 0 Å². The molecule has 0 aliphatic carbocycles. The predicted octanol–water partition coefficient (Wildman–Crippen LogP) is 3.23. The van der Waals surface area contributed by atoms with Crippen molar-refractivity contribution in [1.82, 2.24) is 15.4 Å². The molecule has 1 aromatic carbocycles. The third-order valence-electron chi connectivity index (χ3n) is 3.99. The van der Waals surface area contributed by atoms with Crippen molar-refractivity contribution in [2.75, 3.05) is 37.6 Å². The molecule has 2 aromatic rings. The third-order valence-corrected chi connectivity index (χ3v) is 4.31. The minimum Gasteiger partial charge on any atom is -0.367 e. The summed E-state index contributed by atoms with van der Waals surface area (Å²) in [4.78, 5) is 9.25. The molecule has 2 heterocycles. The summed E-state index contributed by atoms with van der Waals surface area (Å²) in [5.41, 5.74) is 1.93. The van der Waals surface area contributed by atoms with E-state index in [1.807, 2.05) is 24.3 Å². The SMILES string of the molecule is CCNC(=NCc1ccon1)N1CCN(c2ccccc2Cl)CC1.I. The number of benzene rings is 1. The molecule has 0 bridgehead atoms. The highest BCUT2D eigenvalue weighted by Gasteiger charge is 2.21. The highest BCUT2D eigenvalue weighted by Crippen LogP contribution is 2.26. The van der Waals surface area contributed by atoms with Crippen LogP contribution < -0.4 is 10.2 Å². The van der Waals surface area contributed by atoms with Crippen molar-refractivity contribution in [2.24, 2.45) is 4.99 Å². The molecular formula is C17H23ClIN5O. The molecular weight excluding hydrogens is 453 g/mol. The van der Waals surface area contributed by atoms with Crippen molar-refractivity contribution in [2.45, 2.75) is 13.5 Å². The normalized spacial score (nSPS) is 15.0. The van der Waals surface area contributed by atoms with Crippen LogP contribution in [-0.2, 0) is 6.54 Å². The molecule has 1 fully saturated rings. The van der Waals surface area contributed by atoms with Crippen LogP contribution in [0.15, 0.2) is 46.1 Å². The number of anilines is 1. The first-order valence-corrected chi connectivity index (χ1v) is 8.57. The Morgan fingerprint density at radius 3 is 2.64 bits per heavy atom. The third kappa shape index (κ3) is 5.24. The lowest BCUT2D eigenvalue weighted by Gasteiger charge is -2.38. The van der Waals surface area contributed by atoms with Crippen molar-refractivity contribution in [3.05, 3.63) is 47.3 Å². The Kier molecular flexibility index (Phi) is 7.83. The van der Waals surface area contributed by atoms with Crippen molar-refractivity contribution >= 4 is 47.2 Å². The Balaban J connectivity index is 0.00000225. The Hall–Kier alpha value is -1.48. The second-order valence-corrected chi connectivity index (χ2v) is 5.99. The van der Waals surface area contributed by atoms with Crippen LogP contribution in [-0.4, -0.2) is 48.7 Å². The molecule has 25 heavy (non-hydrogen) atoms. The van der Waals surface area contributed by atoms with Crippen LogP contribution >= 0.6 is 35.6 Å². The number of aromatic nitrogens is 1. The number of nitrogens with one attached hydrogen (secondary N) is 1. The van der Waals surface area contributed by atoms with Gasteiger partial charge >= 0.3 is 0 Å². The number of halogens is 2. The van der Waals surface area contributed by atoms with Gasteiger partial charge in [0.25, 0.3) is 0 Å². The number of nitrogens with zero attached hydrogens (tertiary/aromatic N) is 4.